The SMILES string of the molecule is CNC(=O)Nc1ccc2c(c1)CC[C@@]21OC(=O)N(CC(=O)N(Cc2ccc(F)cc2)CC2CCCN2C(=O)NC)C1=O. The molecule has 0 aromatic heterocycles. The zero-order valence-corrected chi connectivity index (χ0v) is 23.4. The molecule has 1 spiro atoms. The molecular formula is C29H33FN6O6. The molecule has 2 fully saturated rings. The molecule has 2 aliphatic heterocycles. The molecule has 2 aromatic rings. The van der Waals surface area contributed by atoms with Crippen molar-refractivity contribution in [2.75, 3.05) is 39.0 Å². The minimum absolute atomic E-state index is 0.101. The molecule has 3 aliphatic rings. The topological polar surface area (TPSA) is 140 Å². The molecule has 12 nitrogen and oxygen atoms in total. The van der Waals surface area contributed by atoms with Crippen molar-refractivity contribution in [1.29, 1.82) is 0 Å². The van der Waals surface area contributed by atoms with Crippen LogP contribution in [0.3, 0.4) is 0 Å². The molecular weight excluding hydrogens is 547 g/mol. The van der Waals surface area contributed by atoms with E-state index in [4.69, 9.17) is 4.74 Å². The van der Waals surface area contributed by atoms with Gasteiger partial charge >= 0.3 is 18.2 Å². The lowest BCUT2D eigenvalue weighted by molar-refractivity contribution is -0.142. The lowest BCUT2D eigenvalue weighted by atomic mass is 9.94. The maximum Gasteiger partial charge on any atom is 0.418 e. The number of anilines is 1. The second kappa shape index (κ2) is 11.7. The second-order valence-corrected chi connectivity index (χ2v) is 10.6. The highest BCUT2D eigenvalue weighted by molar-refractivity contribution is 6.06. The van der Waals surface area contributed by atoms with Crippen molar-refractivity contribution >= 4 is 35.7 Å². The first-order valence-corrected chi connectivity index (χ1v) is 13.8. The number of carbonyl (C=O) groups excluding carboxylic acids is 5. The number of benzene rings is 2. The molecule has 3 N–H and O–H groups in total. The summed E-state index contributed by atoms with van der Waals surface area (Å²) in [6.07, 6.45) is 1.19. The zero-order valence-electron chi connectivity index (χ0n) is 23.4. The summed E-state index contributed by atoms with van der Waals surface area (Å²) in [6.45, 7) is 0.278. The van der Waals surface area contributed by atoms with E-state index in [0.717, 1.165) is 16.9 Å². The summed E-state index contributed by atoms with van der Waals surface area (Å²) in [5.41, 5.74) is 0.928. The fraction of sp³-hybridized carbons (Fsp3) is 0.414. The van der Waals surface area contributed by atoms with Crippen molar-refractivity contribution in [3.05, 3.63) is 65.0 Å². The third-order valence-electron chi connectivity index (χ3n) is 8.06. The first-order valence-electron chi connectivity index (χ1n) is 13.8. The van der Waals surface area contributed by atoms with E-state index in [0.29, 0.717) is 36.2 Å². The monoisotopic (exact) mass is 580 g/mol. The summed E-state index contributed by atoms with van der Waals surface area (Å²) < 4.78 is 19.2. The van der Waals surface area contributed by atoms with E-state index in [1.54, 1.807) is 42.3 Å². The quantitative estimate of drug-likeness (QED) is 0.460. The van der Waals surface area contributed by atoms with Gasteiger partial charge in [0.15, 0.2) is 0 Å². The van der Waals surface area contributed by atoms with Gasteiger partial charge in [-0.3, -0.25) is 9.59 Å². The Morgan fingerprint density at radius 2 is 1.86 bits per heavy atom. The van der Waals surface area contributed by atoms with Gasteiger partial charge in [0.1, 0.15) is 12.4 Å². The second-order valence-electron chi connectivity index (χ2n) is 10.6. The summed E-state index contributed by atoms with van der Waals surface area (Å²) in [5.74, 6) is -1.54. The Morgan fingerprint density at radius 3 is 2.57 bits per heavy atom. The molecule has 42 heavy (non-hydrogen) atoms. The van der Waals surface area contributed by atoms with Crippen molar-refractivity contribution < 1.29 is 33.1 Å². The van der Waals surface area contributed by atoms with E-state index in [-0.39, 0.29) is 31.6 Å². The van der Waals surface area contributed by atoms with Crippen LogP contribution in [0.25, 0.3) is 0 Å². The highest BCUT2D eigenvalue weighted by atomic mass is 19.1. The number of urea groups is 2. The highest BCUT2D eigenvalue weighted by Gasteiger charge is 2.58. The maximum atomic E-state index is 13.7. The number of halogens is 1. The van der Waals surface area contributed by atoms with Gasteiger partial charge < -0.3 is 30.5 Å². The molecule has 13 heteroatoms. The number of nitrogens with one attached hydrogen (secondary N) is 3. The van der Waals surface area contributed by atoms with Crippen LogP contribution in [0.15, 0.2) is 42.5 Å². The number of amides is 7. The number of imide groups is 1. The molecule has 1 unspecified atom stereocenters. The Balaban J connectivity index is 1.35. The minimum atomic E-state index is -1.54. The molecule has 222 valence electrons. The van der Waals surface area contributed by atoms with Crippen LogP contribution in [-0.4, -0.2) is 84.4 Å². The largest absolute Gasteiger partial charge is 0.427 e. The lowest BCUT2D eigenvalue weighted by Crippen LogP contribution is -2.50. The number of rotatable bonds is 7. The van der Waals surface area contributed by atoms with Crippen LogP contribution >= 0.6 is 0 Å². The Morgan fingerprint density at radius 1 is 1.10 bits per heavy atom. The zero-order chi connectivity index (χ0) is 30.0. The summed E-state index contributed by atoms with van der Waals surface area (Å²) >= 11 is 0. The van der Waals surface area contributed by atoms with Gasteiger partial charge in [-0.05, 0) is 54.7 Å². The van der Waals surface area contributed by atoms with Gasteiger partial charge in [0.2, 0.25) is 11.5 Å². The number of fused-ring (bicyclic) bond motifs is 2. The van der Waals surface area contributed by atoms with E-state index in [1.807, 2.05) is 0 Å². The van der Waals surface area contributed by atoms with E-state index >= 15 is 0 Å². The predicted octanol–water partition coefficient (Wildman–Crippen LogP) is 2.53. The van der Waals surface area contributed by atoms with Crippen molar-refractivity contribution in [2.24, 2.45) is 0 Å². The number of hydrogen-bond acceptors (Lipinski definition) is 6. The van der Waals surface area contributed by atoms with Gasteiger partial charge in [-0.1, -0.05) is 18.2 Å². The van der Waals surface area contributed by atoms with Gasteiger partial charge in [0.05, 0.1) is 6.04 Å². The average molecular weight is 581 g/mol. The molecule has 2 atom stereocenters. The van der Waals surface area contributed by atoms with Crippen molar-refractivity contribution in [1.82, 2.24) is 25.3 Å². The Hall–Kier alpha value is -4.68. The highest BCUT2D eigenvalue weighted by Crippen LogP contribution is 2.46. The van der Waals surface area contributed by atoms with Crippen LogP contribution in [-0.2, 0) is 32.9 Å². The van der Waals surface area contributed by atoms with E-state index < -0.39 is 41.9 Å². The standard InChI is InChI=1S/C29H33FN6O6/c1-31-26(39)33-21-9-10-23-19(14-21)11-12-29(23)25(38)36(28(41)42-29)17-24(37)34(15-18-5-7-20(30)8-6-18)16-22-4-3-13-35(22)27(40)32-2/h5-10,14,22H,3-4,11-13,15-17H2,1-2H3,(H,32,40)(H2,31,33,39)/t22?,29-/m1/s1. The Bertz CT molecular complexity index is 1420. The smallest absolute Gasteiger partial charge is 0.418 e. The predicted molar refractivity (Wildman–Crippen MR) is 149 cm³/mol. The van der Waals surface area contributed by atoms with Gasteiger partial charge in [-0.25, -0.2) is 23.7 Å². The van der Waals surface area contributed by atoms with Crippen molar-refractivity contribution in [2.45, 2.75) is 43.9 Å². The van der Waals surface area contributed by atoms with E-state index in [9.17, 15) is 28.4 Å². The molecule has 0 bridgehead atoms. The average Bonchev–Trinajstić information content (AvgIpc) is 3.66. The van der Waals surface area contributed by atoms with Crippen LogP contribution < -0.4 is 16.0 Å². The molecule has 5 rings (SSSR count). The third-order valence-corrected chi connectivity index (χ3v) is 8.06. The molecule has 2 aromatic carbocycles. The van der Waals surface area contributed by atoms with E-state index in [1.165, 1.54) is 24.1 Å². The Labute approximate surface area is 242 Å². The fourth-order valence-electron chi connectivity index (χ4n) is 5.92. The Kier molecular flexibility index (Phi) is 8.01. The van der Waals surface area contributed by atoms with Crippen LogP contribution in [0.5, 0.6) is 0 Å². The van der Waals surface area contributed by atoms with Crippen molar-refractivity contribution in [3.63, 3.8) is 0 Å². The van der Waals surface area contributed by atoms with Gasteiger partial charge in [0, 0.05) is 51.4 Å². The molecule has 0 radical (unpaired) electrons. The maximum absolute atomic E-state index is 13.7. The number of nitrogens with zero attached hydrogens (tertiary/aromatic N) is 3. The number of aryl methyl sites for hydroxylation is 1. The molecule has 2 heterocycles. The fourth-order valence-corrected chi connectivity index (χ4v) is 5.92. The number of ether oxygens (including phenoxy) is 1. The van der Waals surface area contributed by atoms with Gasteiger partial charge in [-0.2, -0.15) is 0 Å². The molecule has 1 aliphatic carbocycles. The molecule has 7 amide bonds. The molecule has 0 saturated carbocycles. The van der Waals surface area contributed by atoms with Crippen LogP contribution in [0.2, 0.25) is 0 Å². The number of carbonyl (C=O) groups is 5. The summed E-state index contributed by atoms with van der Waals surface area (Å²) in [4.78, 5) is 68.5. The number of hydrogen-bond donors (Lipinski definition) is 3. The van der Waals surface area contributed by atoms with E-state index in [2.05, 4.69) is 16.0 Å². The van der Waals surface area contributed by atoms with Gasteiger partial charge in [0.25, 0.3) is 5.91 Å². The summed E-state index contributed by atoms with van der Waals surface area (Å²) in [6, 6.07) is 9.82. The first kappa shape index (κ1) is 28.8. The van der Waals surface area contributed by atoms with Crippen LogP contribution in [0.4, 0.5) is 24.5 Å². The summed E-state index contributed by atoms with van der Waals surface area (Å²) in [7, 11) is 3.04. The first-order chi connectivity index (χ1) is 20.1. The molecule has 2 saturated heterocycles. The summed E-state index contributed by atoms with van der Waals surface area (Å²) in [5, 5.41) is 7.77. The normalized spacial score (nSPS) is 20.9. The van der Waals surface area contributed by atoms with Crippen LogP contribution in [0.1, 0.15) is 36.0 Å². The number of likely N-dealkylation sites (tertiary alicyclic amines) is 1. The lowest BCUT2D eigenvalue weighted by Gasteiger charge is -2.31. The van der Waals surface area contributed by atoms with Crippen molar-refractivity contribution in [3.8, 4) is 0 Å². The minimum Gasteiger partial charge on any atom is -0.427 e. The van der Waals surface area contributed by atoms with Gasteiger partial charge in [-0.15, -0.1) is 0 Å². The third kappa shape index (κ3) is 5.46. The van der Waals surface area contributed by atoms with Crippen LogP contribution in [0, 0.1) is 5.82 Å².